The second-order valence-corrected chi connectivity index (χ2v) is 19.5. The summed E-state index contributed by atoms with van der Waals surface area (Å²) in [7, 11) is -3.06. The van der Waals surface area contributed by atoms with Crippen LogP contribution in [0.4, 0.5) is 0 Å². The predicted molar refractivity (Wildman–Crippen MR) is 238 cm³/mol. The molecule has 4 heteroatoms. The van der Waals surface area contributed by atoms with Crippen LogP contribution in [0.15, 0.2) is 0 Å². The Morgan fingerprint density at radius 3 is 0.635 bits per heavy atom. The van der Waals surface area contributed by atoms with Crippen molar-refractivity contribution in [2.75, 3.05) is 19.4 Å². The molecule has 0 aromatic carbocycles. The molecule has 0 saturated heterocycles. The third-order valence-electron chi connectivity index (χ3n) is 11.5. The zero-order valence-corrected chi connectivity index (χ0v) is 37.6. The number of rotatable bonds is 47. The molecule has 0 saturated carbocycles. The normalized spacial score (nSPS) is 12.3. The van der Waals surface area contributed by atoms with E-state index in [9.17, 15) is 4.89 Å². The van der Waals surface area contributed by atoms with Gasteiger partial charge in [0.25, 0.3) is 0 Å². The molecule has 1 N–H and O–H groups in total. The third-order valence-corrected chi connectivity index (χ3v) is 13.8. The Balaban J connectivity index is 4.07. The molecule has 0 radical (unpaired) electrons. The zero-order valence-electron chi connectivity index (χ0n) is 36.6. The van der Waals surface area contributed by atoms with E-state index in [-0.39, 0.29) is 0 Å². The Kier molecular flexibility index (Phi) is 46.0. The fraction of sp³-hybridized carbons (Fsp3) is 1.00. The van der Waals surface area contributed by atoms with Crippen LogP contribution in [-0.4, -0.2) is 24.3 Å². The van der Waals surface area contributed by atoms with Crippen molar-refractivity contribution >= 4 is 7.94 Å². The third kappa shape index (κ3) is 43.0. The first-order chi connectivity index (χ1) is 25.7. The molecule has 0 aliphatic carbocycles. The first-order valence-corrected chi connectivity index (χ1v) is 26.7. The zero-order chi connectivity index (χ0) is 37.7. The molecule has 3 nitrogen and oxygen atoms in total. The molecular formula is C48H101O3P. The Morgan fingerprint density at radius 2 is 0.423 bits per heavy atom. The van der Waals surface area contributed by atoms with Crippen molar-refractivity contribution < 1.29 is 13.9 Å². The van der Waals surface area contributed by atoms with E-state index >= 15 is 0 Å². The maximum absolute atomic E-state index is 11.5. The molecule has 0 bridgehead atoms. The second kappa shape index (κ2) is 45.7. The van der Waals surface area contributed by atoms with Crippen LogP contribution >= 0.6 is 7.94 Å². The monoisotopic (exact) mass is 757 g/mol. The molecule has 0 unspecified atom stereocenters. The summed E-state index contributed by atoms with van der Waals surface area (Å²) in [4.78, 5) is 11.5. The summed E-state index contributed by atoms with van der Waals surface area (Å²) in [5.74, 6) is 0. The molecule has 0 amide bonds. The average Bonchev–Trinajstić information content (AvgIpc) is 3.15. The Hall–Kier alpha value is 0.310. The first-order valence-electron chi connectivity index (χ1n) is 24.7. The van der Waals surface area contributed by atoms with Gasteiger partial charge in [-0.1, -0.05) is 91.4 Å². The van der Waals surface area contributed by atoms with Gasteiger partial charge in [-0.3, -0.25) is 0 Å². The number of unbranched alkanes of at least 4 members (excludes halogenated alkanes) is 39. The van der Waals surface area contributed by atoms with Crippen LogP contribution in [0.25, 0.3) is 0 Å². The maximum atomic E-state index is 11.5. The SMILES string of the molecule is CCCCCCCCCCCCCCCCO[PH](O)(CCCCCCCCCCCCCCCC)OCCCCCCCCCCCCCCCC. The minimum Gasteiger partial charge on any atom is -0.0654 e. The number of hydrogen-bond acceptors (Lipinski definition) is 3. The molecule has 0 aliphatic heterocycles. The average molecular weight is 757 g/mol. The second-order valence-electron chi connectivity index (χ2n) is 16.9. The van der Waals surface area contributed by atoms with Crippen LogP contribution < -0.4 is 0 Å². The summed E-state index contributed by atoms with van der Waals surface area (Å²) >= 11 is 0. The predicted octanol–water partition coefficient (Wildman–Crippen LogP) is 18.0. The van der Waals surface area contributed by atoms with Crippen molar-refractivity contribution in [3.8, 4) is 0 Å². The molecule has 52 heavy (non-hydrogen) atoms. The van der Waals surface area contributed by atoms with Crippen molar-refractivity contribution in [1.82, 2.24) is 0 Å². The molecule has 316 valence electrons. The Bertz CT molecular complexity index is 595. The van der Waals surface area contributed by atoms with Crippen LogP contribution in [0.2, 0.25) is 0 Å². The Morgan fingerprint density at radius 1 is 0.250 bits per heavy atom. The molecule has 0 atom stereocenters. The van der Waals surface area contributed by atoms with Crippen LogP contribution in [0, 0.1) is 0 Å². The van der Waals surface area contributed by atoms with Crippen LogP contribution in [0.1, 0.15) is 290 Å². The van der Waals surface area contributed by atoms with Gasteiger partial charge in [0, 0.05) is 0 Å². The molecular weight excluding hydrogens is 655 g/mol. The van der Waals surface area contributed by atoms with E-state index in [0.717, 1.165) is 25.4 Å². The Labute approximate surface area is 330 Å². The molecule has 0 aliphatic rings. The smallest absolute Gasteiger partial charge is 0.0654 e. The summed E-state index contributed by atoms with van der Waals surface area (Å²) in [5.41, 5.74) is 0. The van der Waals surface area contributed by atoms with Gasteiger partial charge in [0.15, 0.2) is 0 Å². The number of hydrogen-bond donors (Lipinski definition) is 1. The standard InChI is InChI=1S/C48H101O3P/c1-4-7-10-13-16-19-22-25-28-31-34-37-40-43-46-50-52(49,48-45-42-39-36-33-30-27-24-21-18-15-12-9-6-3)51-47-44-41-38-35-32-29-26-23-20-17-14-11-8-5-2/h49,52H,4-48H2,1-3H3. The van der Waals surface area contributed by atoms with Gasteiger partial charge in [0.2, 0.25) is 0 Å². The molecule has 0 fully saturated rings. The van der Waals surface area contributed by atoms with Gasteiger partial charge in [-0.25, -0.2) is 0 Å². The van der Waals surface area contributed by atoms with E-state index in [0.29, 0.717) is 13.2 Å². The van der Waals surface area contributed by atoms with E-state index in [1.54, 1.807) is 0 Å². The quantitative estimate of drug-likeness (QED) is 0.0496. The van der Waals surface area contributed by atoms with Crippen LogP contribution in [0.5, 0.6) is 0 Å². The minimum absolute atomic E-state index is 0.679. The summed E-state index contributed by atoms with van der Waals surface area (Å²) in [6.45, 7) is 8.25. The van der Waals surface area contributed by atoms with E-state index in [1.807, 2.05) is 0 Å². The summed E-state index contributed by atoms with van der Waals surface area (Å²) in [5, 5.41) is 0. The minimum atomic E-state index is -3.06. The summed E-state index contributed by atoms with van der Waals surface area (Å²) in [6, 6.07) is 0. The van der Waals surface area contributed by atoms with E-state index in [2.05, 4.69) is 20.8 Å². The van der Waals surface area contributed by atoms with E-state index in [4.69, 9.17) is 9.05 Å². The molecule has 0 aromatic rings. The van der Waals surface area contributed by atoms with Crippen molar-refractivity contribution in [2.24, 2.45) is 0 Å². The van der Waals surface area contributed by atoms with Gasteiger partial charge in [0.1, 0.15) is 0 Å². The van der Waals surface area contributed by atoms with Crippen LogP contribution in [0.3, 0.4) is 0 Å². The first kappa shape index (κ1) is 52.3. The van der Waals surface area contributed by atoms with Gasteiger partial charge in [-0.2, -0.15) is 0 Å². The van der Waals surface area contributed by atoms with E-state index < -0.39 is 7.94 Å². The van der Waals surface area contributed by atoms with Gasteiger partial charge in [-0.15, -0.1) is 0 Å². The molecule has 0 heterocycles. The van der Waals surface area contributed by atoms with E-state index in [1.165, 1.54) is 250 Å². The summed E-state index contributed by atoms with van der Waals surface area (Å²) < 4.78 is 12.5. The van der Waals surface area contributed by atoms with Gasteiger partial charge < -0.3 is 0 Å². The van der Waals surface area contributed by atoms with Crippen molar-refractivity contribution in [3.63, 3.8) is 0 Å². The van der Waals surface area contributed by atoms with Gasteiger partial charge in [0.05, 0.1) is 0 Å². The molecule has 0 spiro atoms. The van der Waals surface area contributed by atoms with Gasteiger partial charge in [-0.05, 0) is 0 Å². The van der Waals surface area contributed by atoms with Crippen molar-refractivity contribution in [3.05, 3.63) is 0 Å². The summed E-state index contributed by atoms with van der Waals surface area (Å²) in [6.07, 6.45) is 58.0. The fourth-order valence-electron chi connectivity index (χ4n) is 7.79. The molecule has 0 aromatic heterocycles. The van der Waals surface area contributed by atoms with Crippen LogP contribution in [-0.2, 0) is 9.05 Å². The van der Waals surface area contributed by atoms with Gasteiger partial charge >= 0.3 is 240 Å². The molecule has 0 rings (SSSR count). The topological polar surface area (TPSA) is 38.7 Å². The van der Waals surface area contributed by atoms with Crippen molar-refractivity contribution in [2.45, 2.75) is 290 Å². The fourth-order valence-corrected chi connectivity index (χ4v) is 9.78. The van der Waals surface area contributed by atoms with Crippen molar-refractivity contribution in [1.29, 1.82) is 0 Å².